The van der Waals surface area contributed by atoms with Gasteiger partial charge in [-0.05, 0) is 37.6 Å². The fourth-order valence-electron chi connectivity index (χ4n) is 1.30. The molecule has 1 N–H and O–H groups in total. The van der Waals surface area contributed by atoms with Gasteiger partial charge in [-0.3, -0.25) is 0 Å². The first kappa shape index (κ1) is 11.9. The summed E-state index contributed by atoms with van der Waals surface area (Å²) in [4.78, 5) is 0. The van der Waals surface area contributed by atoms with Gasteiger partial charge in [0.1, 0.15) is 11.6 Å². The van der Waals surface area contributed by atoms with E-state index in [4.69, 9.17) is 0 Å². The van der Waals surface area contributed by atoms with Crippen LogP contribution in [0.25, 0.3) is 0 Å². The molecule has 0 aliphatic carbocycles. The minimum absolute atomic E-state index is 0.492. The highest BCUT2D eigenvalue weighted by Crippen LogP contribution is 2.07. The highest BCUT2D eigenvalue weighted by Gasteiger charge is 1.99. The van der Waals surface area contributed by atoms with Crippen molar-refractivity contribution in [1.82, 2.24) is 5.32 Å². The van der Waals surface area contributed by atoms with Gasteiger partial charge in [-0.25, -0.2) is 8.78 Å². The van der Waals surface area contributed by atoms with Gasteiger partial charge in [0.2, 0.25) is 0 Å². The van der Waals surface area contributed by atoms with E-state index < -0.39 is 11.6 Å². The second kappa shape index (κ2) is 6.30. The molecule has 1 nitrogen and oxygen atoms in total. The summed E-state index contributed by atoms with van der Waals surface area (Å²) in [6.07, 6.45) is 4.94. The van der Waals surface area contributed by atoms with Gasteiger partial charge in [-0.2, -0.15) is 0 Å². The van der Waals surface area contributed by atoms with Crippen molar-refractivity contribution >= 4 is 0 Å². The highest BCUT2D eigenvalue weighted by molar-refractivity contribution is 5.17. The van der Waals surface area contributed by atoms with Crippen molar-refractivity contribution in [3.8, 4) is 0 Å². The predicted molar refractivity (Wildman–Crippen MR) is 57.5 cm³/mol. The maximum absolute atomic E-state index is 12.8. The first-order valence-electron chi connectivity index (χ1n) is 4.99. The van der Waals surface area contributed by atoms with Gasteiger partial charge in [0.05, 0.1) is 0 Å². The van der Waals surface area contributed by atoms with Crippen molar-refractivity contribution in [2.45, 2.75) is 19.9 Å². The van der Waals surface area contributed by atoms with Crippen LogP contribution in [0.5, 0.6) is 0 Å². The molecule has 82 valence electrons. The third kappa shape index (κ3) is 4.70. The first-order valence-corrected chi connectivity index (χ1v) is 4.99. The van der Waals surface area contributed by atoms with E-state index >= 15 is 0 Å². The van der Waals surface area contributed by atoms with E-state index in [2.05, 4.69) is 5.32 Å². The molecule has 0 saturated heterocycles. The smallest absolute Gasteiger partial charge is 0.126 e. The van der Waals surface area contributed by atoms with Gasteiger partial charge in [-0.15, -0.1) is 0 Å². The van der Waals surface area contributed by atoms with Crippen LogP contribution in [0.1, 0.15) is 18.9 Å². The molecule has 3 heteroatoms. The lowest BCUT2D eigenvalue weighted by atomic mass is 10.2. The van der Waals surface area contributed by atoms with Crippen LogP contribution in [0.15, 0.2) is 30.4 Å². The summed E-state index contributed by atoms with van der Waals surface area (Å²) in [6.45, 7) is 3.26. The van der Waals surface area contributed by atoms with Crippen molar-refractivity contribution in [3.63, 3.8) is 0 Å². The lowest BCUT2D eigenvalue weighted by Gasteiger charge is -2.03. The Morgan fingerprint density at radius 3 is 2.47 bits per heavy atom. The Morgan fingerprint density at radius 1 is 1.20 bits per heavy atom. The molecule has 0 aromatic heterocycles. The van der Waals surface area contributed by atoms with Crippen LogP contribution in [-0.2, 0) is 6.54 Å². The van der Waals surface area contributed by atoms with E-state index in [1.165, 1.54) is 12.1 Å². The van der Waals surface area contributed by atoms with Crippen molar-refractivity contribution in [1.29, 1.82) is 0 Å². The Balaban J connectivity index is 2.37. The number of hydrogen-bond acceptors (Lipinski definition) is 1. The summed E-state index contributed by atoms with van der Waals surface area (Å²) < 4.78 is 25.6. The zero-order valence-electron chi connectivity index (χ0n) is 8.76. The minimum Gasteiger partial charge on any atom is -0.312 e. The Labute approximate surface area is 88.8 Å². The molecule has 0 radical (unpaired) electrons. The van der Waals surface area contributed by atoms with Gasteiger partial charge in [0, 0.05) is 12.6 Å². The second-order valence-electron chi connectivity index (χ2n) is 3.31. The molecule has 0 aliphatic heterocycles. The number of benzene rings is 1. The lowest BCUT2D eigenvalue weighted by molar-refractivity contribution is 0.575. The van der Waals surface area contributed by atoms with E-state index in [0.717, 1.165) is 19.0 Å². The summed E-state index contributed by atoms with van der Waals surface area (Å²) in [5, 5.41) is 3.11. The summed E-state index contributed by atoms with van der Waals surface area (Å²) in [5.41, 5.74) is 0.632. The predicted octanol–water partition coefficient (Wildman–Crippen LogP) is 3.02. The topological polar surface area (TPSA) is 12.0 Å². The molecule has 15 heavy (non-hydrogen) atoms. The highest BCUT2D eigenvalue weighted by atomic mass is 19.1. The quantitative estimate of drug-likeness (QED) is 0.583. The molecule has 1 aromatic rings. The standard InChI is InChI=1S/C12H15F2N/c1-2-3-4-5-15-9-10-6-11(13)8-12(14)7-10/h2-3,6-8,15H,4-5,9H2,1H3/b3-2+. The van der Waals surface area contributed by atoms with Crippen LogP contribution >= 0.6 is 0 Å². The van der Waals surface area contributed by atoms with E-state index in [0.29, 0.717) is 12.1 Å². The molecular formula is C12H15F2N. The molecule has 0 heterocycles. The minimum atomic E-state index is -0.528. The monoisotopic (exact) mass is 211 g/mol. The van der Waals surface area contributed by atoms with E-state index in [1.807, 2.05) is 19.1 Å². The van der Waals surface area contributed by atoms with Crippen molar-refractivity contribution < 1.29 is 8.78 Å². The van der Waals surface area contributed by atoms with Gasteiger partial charge in [0.25, 0.3) is 0 Å². The lowest BCUT2D eigenvalue weighted by Crippen LogP contribution is -2.14. The Kier molecular flexibility index (Phi) is 4.98. The summed E-state index contributed by atoms with van der Waals surface area (Å²) >= 11 is 0. The average molecular weight is 211 g/mol. The maximum Gasteiger partial charge on any atom is 0.126 e. The SMILES string of the molecule is C/C=C/CCNCc1cc(F)cc(F)c1. The zero-order chi connectivity index (χ0) is 11.1. The number of hydrogen-bond donors (Lipinski definition) is 1. The largest absolute Gasteiger partial charge is 0.312 e. The zero-order valence-corrected chi connectivity index (χ0v) is 8.76. The van der Waals surface area contributed by atoms with Crippen molar-refractivity contribution in [3.05, 3.63) is 47.5 Å². The van der Waals surface area contributed by atoms with Crippen LogP contribution in [0.2, 0.25) is 0 Å². The molecule has 0 atom stereocenters. The molecule has 0 aliphatic rings. The van der Waals surface area contributed by atoms with Crippen molar-refractivity contribution in [2.24, 2.45) is 0 Å². The molecule has 0 amide bonds. The molecular weight excluding hydrogens is 196 g/mol. The average Bonchev–Trinajstić information content (AvgIpc) is 2.16. The Bertz CT molecular complexity index is 314. The fourth-order valence-corrected chi connectivity index (χ4v) is 1.30. The van der Waals surface area contributed by atoms with Gasteiger partial charge < -0.3 is 5.32 Å². The number of nitrogens with one attached hydrogen (secondary N) is 1. The molecule has 0 fully saturated rings. The van der Waals surface area contributed by atoms with Crippen LogP contribution in [0.4, 0.5) is 8.78 Å². The van der Waals surface area contributed by atoms with Crippen LogP contribution in [0.3, 0.4) is 0 Å². The molecule has 1 rings (SSSR count). The van der Waals surface area contributed by atoms with Crippen LogP contribution in [0, 0.1) is 11.6 Å². The van der Waals surface area contributed by atoms with Gasteiger partial charge in [0.15, 0.2) is 0 Å². The number of allylic oxidation sites excluding steroid dienone is 1. The summed E-state index contributed by atoms with van der Waals surface area (Å²) in [7, 11) is 0. The second-order valence-corrected chi connectivity index (χ2v) is 3.31. The first-order chi connectivity index (χ1) is 7.22. The fraction of sp³-hybridized carbons (Fsp3) is 0.333. The normalized spacial score (nSPS) is 11.1. The summed E-state index contributed by atoms with van der Waals surface area (Å²) in [5.74, 6) is -1.06. The van der Waals surface area contributed by atoms with E-state index in [-0.39, 0.29) is 0 Å². The Hall–Kier alpha value is -1.22. The van der Waals surface area contributed by atoms with Crippen LogP contribution in [-0.4, -0.2) is 6.54 Å². The Morgan fingerprint density at radius 2 is 1.87 bits per heavy atom. The molecule has 0 unspecified atom stereocenters. The van der Waals surface area contributed by atoms with Gasteiger partial charge >= 0.3 is 0 Å². The van der Waals surface area contributed by atoms with E-state index in [9.17, 15) is 8.78 Å². The molecule has 0 spiro atoms. The summed E-state index contributed by atoms with van der Waals surface area (Å²) in [6, 6.07) is 3.56. The molecule has 0 bridgehead atoms. The third-order valence-electron chi connectivity index (χ3n) is 1.97. The van der Waals surface area contributed by atoms with Gasteiger partial charge in [-0.1, -0.05) is 12.2 Å². The molecule has 1 aromatic carbocycles. The maximum atomic E-state index is 12.8. The third-order valence-corrected chi connectivity index (χ3v) is 1.97. The van der Waals surface area contributed by atoms with E-state index in [1.54, 1.807) is 0 Å². The van der Waals surface area contributed by atoms with Crippen molar-refractivity contribution in [2.75, 3.05) is 6.54 Å². The number of halogens is 2. The number of rotatable bonds is 5. The molecule has 0 saturated carbocycles. The van der Waals surface area contributed by atoms with Crippen LogP contribution < -0.4 is 5.32 Å².